The highest BCUT2D eigenvalue weighted by Gasteiger charge is 2.25. The Bertz CT molecular complexity index is 879. The molecule has 0 unspecified atom stereocenters. The molecule has 0 saturated carbocycles. The van der Waals surface area contributed by atoms with Crippen molar-refractivity contribution >= 4 is 32.9 Å². The average Bonchev–Trinajstić information content (AvgIpc) is 3.08. The molecule has 0 spiro atoms. The number of amides is 1. The van der Waals surface area contributed by atoms with Crippen LogP contribution in [0.3, 0.4) is 0 Å². The number of likely N-dealkylation sites (tertiary alicyclic amines) is 1. The molecule has 4 rings (SSSR count). The highest BCUT2D eigenvalue weighted by molar-refractivity contribution is 9.10. The summed E-state index contributed by atoms with van der Waals surface area (Å²) < 4.78 is 1.04. The molecule has 128 valence electrons. The molecule has 0 bridgehead atoms. The molecule has 1 aliphatic heterocycles. The van der Waals surface area contributed by atoms with Crippen LogP contribution in [0.2, 0.25) is 0 Å². The van der Waals surface area contributed by atoms with Gasteiger partial charge in [0.1, 0.15) is 0 Å². The van der Waals surface area contributed by atoms with Crippen LogP contribution in [0.25, 0.3) is 11.0 Å². The summed E-state index contributed by atoms with van der Waals surface area (Å²) in [6, 6.07) is 12.0. The third-order valence-electron chi connectivity index (χ3n) is 5.02. The van der Waals surface area contributed by atoms with Crippen LogP contribution in [-0.2, 0) is 11.2 Å². The lowest BCUT2D eigenvalue weighted by molar-refractivity contribution is -0.131. The summed E-state index contributed by atoms with van der Waals surface area (Å²) in [7, 11) is 0. The minimum Gasteiger partial charge on any atom is -0.360 e. The Hall–Kier alpha value is -2.14. The van der Waals surface area contributed by atoms with E-state index in [1.807, 2.05) is 41.4 Å². The summed E-state index contributed by atoms with van der Waals surface area (Å²) >= 11 is 3.43. The van der Waals surface area contributed by atoms with E-state index in [9.17, 15) is 4.79 Å². The molecule has 0 radical (unpaired) electrons. The summed E-state index contributed by atoms with van der Waals surface area (Å²) in [6.07, 6.45) is 6.40. The van der Waals surface area contributed by atoms with E-state index in [4.69, 9.17) is 0 Å². The van der Waals surface area contributed by atoms with Crippen molar-refractivity contribution in [2.75, 3.05) is 13.1 Å². The van der Waals surface area contributed by atoms with E-state index in [-0.39, 0.29) is 5.91 Å². The number of pyridine rings is 1. The second-order valence-corrected chi connectivity index (χ2v) is 7.52. The van der Waals surface area contributed by atoms with Crippen LogP contribution in [-0.4, -0.2) is 33.9 Å². The van der Waals surface area contributed by atoms with Crippen molar-refractivity contribution in [2.45, 2.75) is 25.2 Å². The molecule has 4 nitrogen and oxygen atoms in total. The number of nitrogens with one attached hydrogen (secondary N) is 1. The van der Waals surface area contributed by atoms with Crippen molar-refractivity contribution in [1.82, 2.24) is 14.9 Å². The molecule has 5 heteroatoms. The van der Waals surface area contributed by atoms with Crippen molar-refractivity contribution in [2.24, 2.45) is 0 Å². The fourth-order valence-corrected chi connectivity index (χ4v) is 3.88. The summed E-state index contributed by atoms with van der Waals surface area (Å²) in [5, 5.41) is 0. The third kappa shape index (κ3) is 3.47. The second-order valence-electron chi connectivity index (χ2n) is 6.60. The number of carbonyl (C=O) groups is 1. The summed E-state index contributed by atoms with van der Waals surface area (Å²) in [4.78, 5) is 22.4. The number of nitrogens with zero attached hydrogens (tertiary/aromatic N) is 2. The van der Waals surface area contributed by atoms with Gasteiger partial charge in [-0.2, -0.15) is 0 Å². The number of H-pyrrole nitrogens is 1. The Morgan fingerprint density at radius 2 is 1.96 bits per heavy atom. The van der Waals surface area contributed by atoms with Crippen LogP contribution < -0.4 is 0 Å². The molecule has 25 heavy (non-hydrogen) atoms. The summed E-state index contributed by atoms with van der Waals surface area (Å²) in [5.41, 5.74) is 4.51. The molecule has 1 saturated heterocycles. The van der Waals surface area contributed by atoms with E-state index in [2.05, 4.69) is 38.2 Å². The molecular weight excluding hydrogens is 378 g/mol. The number of hydrogen-bond acceptors (Lipinski definition) is 2. The van der Waals surface area contributed by atoms with Gasteiger partial charge < -0.3 is 9.88 Å². The molecule has 0 aliphatic carbocycles. The molecule has 3 heterocycles. The van der Waals surface area contributed by atoms with Gasteiger partial charge in [0, 0.05) is 30.0 Å². The lowest BCUT2D eigenvalue weighted by Crippen LogP contribution is -2.38. The molecule has 1 aliphatic rings. The van der Waals surface area contributed by atoms with Gasteiger partial charge in [-0.1, -0.05) is 28.1 Å². The van der Waals surface area contributed by atoms with Gasteiger partial charge in [-0.3, -0.25) is 9.78 Å². The predicted molar refractivity (Wildman–Crippen MR) is 102 cm³/mol. The Balaban J connectivity index is 1.39. The number of aromatic nitrogens is 2. The fraction of sp³-hybridized carbons (Fsp3) is 0.300. The molecular formula is C20H20BrN3O. The monoisotopic (exact) mass is 397 g/mol. The Morgan fingerprint density at radius 3 is 2.72 bits per heavy atom. The first-order chi connectivity index (χ1) is 12.2. The van der Waals surface area contributed by atoms with Crippen LogP contribution in [0.1, 0.15) is 29.9 Å². The minimum atomic E-state index is 0.220. The number of hydrogen-bond donors (Lipinski definition) is 1. The quantitative estimate of drug-likeness (QED) is 0.716. The largest absolute Gasteiger partial charge is 0.360 e. The van der Waals surface area contributed by atoms with Crippen LogP contribution in [0, 0.1) is 0 Å². The lowest BCUT2D eigenvalue weighted by Gasteiger charge is -2.32. The minimum absolute atomic E-state index is 0.220. The first-order valence-electron chi connectivity index (χ1n) is 8.65. The van der Waals surface area contributed by atoms with Crippen LogP contribution >= 0.6 is 15.9 Å². The van der Waals surface area contributed by atoms with E-state index >= 15 is 0 Å². The number of piperidine rings is 1. The van der Waals surface area contributed by atoms with Crippen LogP contribution in [0.4, 0.5) is 0 Å². The summed E-state index contributed by atoms with van der Waals surface area (Å²) in [5.74, 6) is 0.693. The number of carbonyl (C=O) groups excluding carboxylic acids is 1. The number of rotatable bonds is 3. The molecule has 2 aromatic heterocycles. The van der Waals surface area contributed by atoms with Gasteiger partial charge in [0.15, 0.2) is 0 Å². The maximum atomic E-state index is 12.6. The highest BCUT2D eigenvalue weighted by atomic mass is 79.9. The van der Waals surface area contributed by atoms with Crippen LogP contribution in [0.15, 0.2) is 53.3 Å². The molecule has 0 atom stereocenters. The SMILES string of the molecule is O=C(Cc1ccc(Br)cc1)N1CCC(c2c[nH]c3cccnc23)CC1. The zero-order valence-electron chi connectivity index (χ0n) is 13.9. The fourth-order valence-electron chi connectivity index (χ4n) is 3.62. The third-order valence-corrected chi connectivity index (χ3v) is 5.55. The van der Waals surface area contributed by atoms with E-state index in [0.29, 0.717) is 12.3 Å². The highest BCUT2D eigenvalue weighted by Crippen LogP contribution is 2.32. The van der Waals surface area contributed by atoms with Gasteiger partial charge in [0.25, 0.3) is 0 Å². The zero-order chi connectivity index (χ0) is 17.2. The smallest absolute Gasteiger partial charge is 0.226 e. The maximum absolute atomic E-state index is 12.6. The van der Waals surface area contributed by atoms with Gasteiger partial charge in [-0.05, 0) is 54.2 Å². The first-order valence-corrected chi connectivity index (χ1v) is 9.44. The maximum Gasteiger partial charge on any atom is 0.226 e. The molecule has 1 N–H and O–H groups in total. The molecule has 1 aromatic carbocycles. The predicted octanol–water partition coefficient (Wildman–Crippen LogP) is 4.27. The zero-order valence-corrected chi connectivity index (χ0v) is 15.5. The van der Waals surface area contributed by atoms with Crippen molar-refractivity contribution in [3.8, 4) is 0 Å². The Morgan fingerprint density at radius 1 is 1.20 bits per heavy atom. The van der Waals surface area contributed by atoms with Gasteiger partial charge in [0.05, 0.1) is 17.5 Å². The number of benzene rings is 1. The Kier molecular flexibility index (Phi) is 4.57. The first kappa shape index (κ1) is 16.3. The van der Waals surface area contributed by atoms with Gasteiger partial charge in [0.2, 0.25) is 5.91 Å². The van der Waals surface area contributed by atoms with E-state index in [0.717, 1.165) is 47.0 Å². The number of halogens is 1. The summed E-state index contributed by atoms with van der Waals surface area (Å²) in [6.45, 7) is 1.64. The van der Waals surface area contributed by atoms with Gasteiger partial charge in [-0.25, -0.2) is 0 Å². The van der Waals surface area contributed by atoms with Crippen molar-refractivity contribution in [3.63, 3.8) is 0 Å². The Labute approximate surface area is 155 Å². The number of fused-ring (bicyclic) bond motifs is 1. The van der Waals surface area contributed by atoms with Gasteiger partial charge in [-0.15, -0.1) is 0 Å². The molecule has 3 aromatic rings. The molecule has 1 fully saturated rings. The average molecular weight is 398 g/mol. The normalized spacial score (nSPS) is 15.6. The van der Waals surface area contributed by atoms with E-state index < -0.39 is 0 Å². The standard InChI is InChI=1S/C20H20BrN3O/c21-16-5-3-14(4-6-16)12-19(25)24-10-7-15(8-11-24)17-13-23-18-2-1-9-22-20(17)18/h1-6,9,13,15,23H,7-8,10-12H2. The van der Waals surface area contributed by atoms with Crippen LogP contribution in [0.5, 0.6) is 0 Å². The second kappa shape index (κ2) is 7.00. The van der Waals surface area contributed by atoms with Crippen molar-refractivity contribution in [1.29, 1.82) is 0 Å². The number of aromatic amines is 1. The van der Waals surface area contributed by atoms with Gasteiger partial charge >= 0.3 is 0 Å². The lowest BCUT2D eigenvalue weighted by atomic mass is 9.90. The van der Waals surface area contributed by atoms with E-state index in [1.165, 1.54) is 5.56 Å². The van der Waals surface area contributed by atoms with E-state index in [1.54, 1.807) is 0 Å². The van der Waals surface area contributed by atoms with Crippen molar-refractivity contribution in [3.05, 3.63) is 64.4 Å². The topological polar surface area (TPSA) is 49.0 Å². The molecule has 1 amide bonds. The van der Waals surface area contributed by atoms with Crippen molar-refractivity contribution < 1.29 is 4.79 Å².